The number of benzene rings is 3. The van der Waals surface area contributed by atoms with Gasteiger partial charge in [-0.05, 0) is 30.2 Å². The lowest BCUT2D eigenvalue weighted by Crippen LogP contribution is -2.26. The van der Waals surface area contributed by atoms with Gasteiger partial charge >= 0.3 is 5.97 Å². The number of hydrogen-bond acceptors (Lipinski definition) is 5. The van der Waals surface area contributed by atoms with E-state index in [1.165, 1.54) is 0 Å². The number of rotatable bonds is 9. The molecule has 0 aliphatic carbocycles. The second kappa shape index (κ2) is 10.8. The molecule has 160 valence electrons. The van der Waals surface area contributed by atoms with Crippen LogP contribution in [0.1, 0.15) is 23.7 Å². The first-order valence-electron chi connectivity index (χ1n) is 9.92. The largest absolute Gasteiger partial charge is 0.497 e. The number of carbonyl (C=O) groups excluding carboxylic acids is 2. The van der Waals surface area contributed by atoms with Gasteiger partial charge in [-0.15, -0.1) is 0 Å². The molecule has 1 amide bonds. The molecule has 0 radical (unpaired) electrons. The Morgan fingerprint density at radius 1 is 0.871 bits per heavy atom. The van der Waals surface area contributed by atoms with Crippen LogP contribution in [0.4, 0.5) is 5.69 Å². The van der Waals surface area contributed by atoms with Crippen LogP contribution in [-0.2, 0) is 20.7 Å². The number of esters is 1. The molecule has 3 aromatic rings. The zero-order valence-electron chi connectivity index (χ0n) is 17.5. The van der Waals surface area contributed by atoms with Crippen LogP contribution in [0.5, 0.6) is 11.5 Å². The fourth-order valence-electron chi connectivity index (χ4n) is 3.15. The van der Waals surface area contributed by atoms with E-state index in [4.69, 9.17) is 14.2 Å². The third kappa shape index (κ3) is 6.09. The van der Waals surface area contributed by atoms with Gasteiger partial charge in [-0.3, -0.25) is 9.59 Å². The Balaban J connectivity index is 1.71. The van der Waals surface area contributed by atoms with Gasteiger partial charge in [0.25, 0.3) is 5.91 Å². The summed E-state index contributed by atoms with van der Waals surface area (Å²) in [7, 11) is 3.14. The van der Waals surface area contributed by atoms with Gasteiger partial charge in [0.2, 0.25) is 6.10 Å². The Morgan fingerprint density at radius 3 is 2.35 bits per heavy atom. The average molecular weight is 419 g/mol. The van der Waals surface area contributed by atoms with Crippen molar-refractivity contribution in [2.75, 3.05) is 19.5 Å². The molecule has 0 saturated carbocycles. The number of anilines is 1. The minimum absolute atomic E-state index is 0.121. The molecule has 0 fully saturated rings. The number of carbonyl (C=O) groups is 2. The lowest BCUT2D eigenvalue weighted by Gasteiger charge is -2.18. The lowest BCUT2D eigenvalue weighted by atomic mass is 10.1. The van der Waals surface area contributed by atoms with Crippen molar-refractivity contribution in [2.45, 2.75) is 18.9 Å². The van der Waals surface area contributed by atoms with E-state index in [1.807, 2.05) is 30.3 Å². The summed E-state index contributed by atoms with van der Waals surface area (Å²) >= 11 is 0. The van der Waals surface area contributed by atoms with Crippen molar-refractivity contribution in [3.63, 3.8) is 0 Å². The molecule has 0 aromatic heterocycles. The predicted molar refractivity (Wildman–Crippen MR) is 118 cm³/mol. The molecule has 1 atom stereocenters. The van der Waals surface area contributed by atoms with Crippen LogP contribution in [0.15, 0.2) is 78.9 Å². The van der Waals surface area contributed by atoms with Crippen molar-refractivity contribution in [1.29, 1.82) is 0 Å². The van der Waals surface area contributed by atoms with Crippen LogP contribution in [0.3, 0.4) is 0 Å². The molecule has 6 nitrogen and oxygen atoms in total. The van der Waals surface area contributed by atoms with Crippen molar-refractivity contribution in [2.24, 2.45) is 0 Å². The van der Waals surface area contributed by atoms with Crippen molar-refractivity contribution in [3.05, 3.63) is 90.0 Å². The smallest absolute Gasteiger partial charge is 0.307 e. The fraction of sp³-hybridized carbons (Fsp3) is 0.200. The Hall–Kier alpha value is -3.80. The van der Waals surface area contributed by atoms with E-state index < -0.39 is 18.0 Å². The maximum absolute atomic E-state index is 13.0. The zero-order chi connectivity index (χ0) is 22.1. The second-order valence-corrected chi connectivity index (χ2v) is 6.81. The summed E-state index contributed by atoms with van der Waals surface area (Å²) in [6.45, 7) is 0. The highest BCUT2D eigenvalue weighted by Gasteiger charge is 2.25. The minimum atomic E-state index is -1.07. The molecule has 3 aromatic carbocycles. The molecule has 0 saturated heterocycles. The van der Waals surface area contributed by atoms with Gasteiger partial charge < -0.3 is 19.5 Å². The van der Waals surface area contributed by atoms with E-state index in [1.54, 1.807) is 62.8 Å². The minimum Gasteiger partial charge on any atom is -0.497 e. The number of hydrogen-bond donors (Lipinski definition) is 1. The van der Waals surface area contributed by atoms with Gasteiger partial charge in [0.05, 0.1) is 14.2 Å². The molecular weight excluding hydrogens is 394 g/mol. The van der Waals surface area contributed by atoms with Crippen LogP contribution in [0.25, 0.3) is 0 Å². The van der Waals surface area contributed by atoms with Crippen molar-refractivity contribution in [1.82, 2.24) is 0 Å². The van der Waals surface area contributed by atoms with Crippen molar-refractivity contribution in [3.8, 4) is 11.5 Å². The normalized spacial score (nSPS) is 11.3. The molecule has 6 heteroatoms. The third-order valence-electron chi connectivity index (χ3n) is 4.72. The summed E-state index contributed by atoms with van der Waals surface area (Å²) in [6.07, 6.45) is -0.504. The molecular formula is C25H25NO5. The maximum atomic E-state index is 13.0. The number of aryl methyl sites for hydroxylation is 1. The average Bonchev–Trinajstić information content (AvgIpc) is 2.82. The summed E-state index contributed by atoms with van der Waals surface area (Å²) in [4.78, 5) is 25.6. The van der Waals surface area contributed by atoms with Gasteiger partial charge in [0.15, 0.2) is 0 Å². The Bertz CT molecular complexity index is 1020. The molecule has 3 rings (SSSR count). The van der Waals surface area contributed by atoms with E-state index in [2.05, 4.69) is 5.32 Å². The Labute approximate surface area is 181 Å². The van der Waals surface area contributed by atoms with Crippen LogP contribution in [0, 0.1) is 0 Å². The van der Waals surface area contributed by atoms with Crippen LogP contribution in [-0.4, -0.2) is 26.1 Å². The van der Waals surface area contributed by atoms with Crippen molar-refractivity contribution >= 4 is 17.6 Å². The van der Waals surface area contributed by atoms with Crippen LogP contribution < -0.4 is 14.8 Å². The first-order chi connectivity index (χ1) is 15.1. The highest BCUT2D eigenvalue weighted by Crippen LogP contribution is 2.24. The molecule has 0 aliphatic rings. The van der Waals surface area contributed by atoms with Crippen molar-refractivity contribution < 1.29 is 23.8 Å². The number of methoxy groups -OCH3 is 2. The Morgan fingerprint density at radius 2 is 1.61 bits per heavy atom. The van der Waals surface area contributed by atoms with Gasteiger partial charge in [-0.2, -0.15) is 0 Å². The molecule has 31 heavy (non-hydrogen) atoms. The van der Waals surface area contributed by atoms with Crippen LogP contribution in [0.2, 0.25) is 0 Å². The van der Waals surface area contributed by atoms with E-state index in [0.29, 0.717) is 29.2 Å². The first-order valence-corrected chi connectivity index (χ1v) is 9.92. The summed E-state index contributed by atoms with van der Waals surface area (Å²) in [5.74, 6) is 0.416. The molecule has 0 spiro atoms. The molecule has 0 aliphatic heterocycles. The van der Waals surface area contributed by atoms with E-state index in [0.717, 1.165) is 5.56 Å². The molecule has 0 heterocycles. The van der Waals surface area contributed by atoms with Gasteiger partial charge in [-0.25, -0.2) is 0 Å². The zero-order valence-corrected chi connectivity index (χ0v) is 17.5. The third-order valence-corrected chi connectivity index (χ3v) is 4.72. The van der Waals surface area contributed by atoms with Gasteiger partial charge in [0.1, 0.15) is 11.5 Å². The Kier molecular flexibility index (Phi) is 7.65. The summed E-state index contributed by atoms with van der Waals surface area (Å²) in [6, 6.07) is 23.4. The fourth-order valence-corrected chi connectivity index (χ4v) is 3.15. The van der Waals surface area contributed by atoms with E-state index in [9.17, 15) is 9.59 Å². The number of nitrogens with one attached hydrogen (secondary N) is 1. The summed E-state index contributed by atoms with van der Waals surface area (Å²) in [5, 5.41) is 2.80. The number of para-hydroxylation sites is 1. The highest BCUT2D eigenvalue weighted by atomic mass is 16.5. The van der Waals surface area contributed by atoms with Crippen LogP contribution >= 0.6 is 0 Å². The van der Waals surface area contributed by atoms with E-state index in [-0.39, 0.29) is 6.42 Å². The number of amides is 1. The standard InChI is InChI=1S/C25H25NO5/c1-29-21-13-8-12-20(17-21)26-25(28)24(19-10-4-3-5-11-19)31-23(27)16-15-18-9-6-7-14-22(18)30-2/h3-14,17,24H,15-16H2,1-2H3,(H,26,28)/t24-/m1/s1. The SMILES string of the molecule is COc1cccc(NC(=O)[C@H](OC(=O)CCc2ccccc2OC)c2ccccc2)c1. The van der Waals surface area contributed by atoms with Gasteiger partial charge in [0, 0.05) is 23.7 Å². The highest BCUT2D eigenvalue weighted by molar-refractivity contribution is 5.96. The summed E-state index contributed by atoms with van der Waals surface area (Å²) in [5.41, 5.74) is 2.04. The molecule has 0 bridgehead atoms. The maximum Gasteiger partial charge on any atom is 0.307 e. The summed E-state index contributed by atoms with van der Waals surface area (Å²) < 4.78 is 16.1. The quantitative estimate of drug-likeness (QED) is 0.515. The monoisotopic (exact) mass is 419 g/mol. The second-order valence-electron chi connectivity index (χ2n) is 6.81. The predicted octanol–water partition coefficient (Wildman–Crippen LogP) is 4.56. The number of ether oxygens (including phenoxy) is 3. The topological polar surface area (TPSA) is 73.9 Å². The molecule has 1 N–H and O–H groups in total. The van der Waals surface area contributed by atoms with E-state index >= 15 is 0 Å². The lowest BCUT2D eigenvalue weighted by molar-refractivity contribution is -0.154. The van der Waals surface area contributed by atoms with Gasteiger partial charge in [-0.1, -0.05) is 54.6 Å². The first kappa shape index (κ1) is 21.9. The molecule has 0 unspecified atom stereocenters.